The fourth-order valence-corrected chi connectivity index (χ4v) is 2.31. The summed E-state index contributed by atoms with van der Waals surface area (Å²) in [6.45, 7) is 0.214. The number of nitrogens with zero attached hydrogens (tertiary/aromatic N) is 4. The standard InChI is InChI=1S/C18H16ClN5O3/c19-14-4-6-15(7-5-14)27-24(23-25)17-11-13(8-10-21-17)12-26-16-3-1-2-9-22-18(16)20/h2-11H,1,12H2,(H2,20,22). The first-order valence-electron chi connectivity index (χ1n) is 7.99. The summed E-state index contributed by atoms with van der Waals surface area (Å²) in [6.07, 6.45) is 7.55. The van der Waals surface area contributed by atoms with E-state index in [1.807, 2.05) is 12.2 Å². The molecule has 2 N–H and O–H groups in total. The monoisotopic (exact) mass is 385 g/mol. The fraction of sp³-hybridized carbons (Fsp3) is 0.111. The van der Waals surface area contributed by atoms with Crippen molar-refractivity contribution in [1.29, 1.82) is 0 Å². The van der Waals surface area contributed by atoms with E-state index in [0.717, 1.165) is 10.7 Å². The average Bonchev–Trinajstić information content (AvgIpc) is 2.90. The Kier molecular flexibility index (Phi) is 6.01. The van der Waals surface area contributed by atoms with Gasteiger partial charge in [-0.3, -0.25) is 0 Å². The molecule has 2 aromatic rings. The predicted octanol–water partition coefficient (Wildman–Crippen LogP) is 3.89. The maximum Gasteiger partial charge on any atom is 0.194 e. The van der Waals surface area contributed by atoms with Gasteiger partial charge in [-0.1, -0.05) is 17.7 Å². The molecule has 1 aliphatic rings. The number of ether oxygens (including phenoxy) is 1. The summed E-state index contributed by atoms with van der Waals surface area (Å²) < 4.78 is 5.72. The van der Waals surface area contributed by atoms with Crippen LogP contribution in [-0.4, -0.2) is 10.8 Å². The number of benzene rings is 1. The molecule has 1 aromatic carbocycles. The summed E-state index contributed by atoms with van der Waals surface area (Å²) in [7, 11) is 0. The fourth-order valence-electron chi connectivity index (χ4n) is 2.19. The van der Waals surface area contributed by atoms with Crippen LogP contribution in [-0.2, 0) is 11.3 Å². The molecule has 0 spiro atoms. The van der Waals surface area contributed by atoms with Gasteiger partial charge in [-0.2, -0.15) is 0 Å². The second-order valence-corrected chi connectivity index (χ2v) is 5.85. The molecule has 1 aliphatic heterocycles. The van der Waals surface area contributed by atoms with Gasteiger partial charge in [-0.25, -0.2) is 9.98 Å². The van der Waals surface area contributed by atoms with Crippen LogP contribution in [0.2, 0.25) is 5.02 Å². The number of nitrogens with two attached hydrogens (primary N) is 1. The SMILES string of the molecule is NC1=NC=CCC=C1OCc1ccnc(N(N=O)Oc2ccc(Cl)cc2)c1. The van der Waals surface area contributed by atoms with Crippen molar-refractivity contribution in [1.82, 2.24) is 4.98 Å². The summed E-state index contributed by atoms with van der Waals surface area (Å²) >= 11 is 5.83. The first-order chi connectivity index (χ1) is 13.2. The Bertz CT molecular complexity index is 896. The van der Waals surface area contributed by atoms with Crippen molar-refractivity contribution in [2.75, 3.05) is 5.17 Å². The lowest BCUT2D eigenvalue weighted by Crippen LogP contribution is -2.21. The molecule has 0 saturated carbocycles. The Hall–Kier alpha value is -3.39. The Labute approximate surface area is 160 Å². The van der Waals surface area contributed by atoms with Crippen LogP contribution in [0.25, 0.3) is 0 Å². The first-order valence-corrected chi connectivity index (χ1v) is 8.37. The number of hydrogen-bond donors (Lipinski definition) is 1. The van der Waals surface area contributed by atoms with E-state index in [1.54, 1.807) is 42.6 Å². The van der Waals surface area contributed by atoms with E-state index in [9.17, 15) is 4.91 Å². The molecule has 3 rings (SSSR count). The van der Waals surface area contributed by atoms with Crippen molar-refractivity contribution in [3.63, 3.8) is 0 Å². The number of hydrogen-bond acceptors (Lipinski definition) is 7. The third-order valence-corrected chi connectivity index (χ3v) is 3.74. The van der Waals surface area contributed by atoms with Crippen LogP contribution < -0.4 is 15.7 Å². The van der Waals surface area contributed by atoms with Crippen LogP contribution in [0.3, 0.4) is 0 Å². The van der Waals surface area contributed by atoms with Crippen LogP contribution in [0.15, 0.2) is 77.0 Å². The summed E-state index contributed by atoms with van der Waals surface area (Å²) in [4.78, 5) is 24.7. The highest BCUT2D eigenvalue weighted by atomic mass is 35.5. The van der Waals surface area contributed by atoms with Crippen molar-refractivity contribution < 1.29 is 9.57 Å². The molecule has 138 valence electrons. The Balaban J connectivity index is 1.69. The molecule has 2 heterocycles. The number of nitroso groups, excluding NO2 is 1. The van der Waals surface area contributed by atoms with E-state index in [-0.39, 0.29) is 12.4 Å². The molecular formula is C18H16ClN5O3. The predicted molar refractivity (Wildman–Crippen MR) is 103 cm³/mol. The first kappa shape index (κ1) is 18.4. The zero-order valence-corrected chi connectivity index (χ0v) is 14.9. The molecule has 1 aromatic heterocycles. The van der Waals surface area contributed by atoms with Crippen LogP contribution in [0, 0.1) is 4.91 Å². The van der Waals surface area contributed by atoms with Gasteiger partial charge in [-0.15, -0.1) is 4.91 Å². The third kappa shape index (κ3) is 5.05. The Morgan fingerprint density at radius 1 is 1.26 bits per heavy atom. The number of aromatic nitrogens is 1. The number of halogens is 1. The van der Waals surface area contributed by atoms with E-state index in [2.05, 4.69) is 15.3 Å². The maximum atomic E-state index is 11.2. The van der Waals surface area contributed by atoms with Crippen molar-refractivity contribution in [2.45, 2.75) is 13.0 Å². The minimum absolute atomic E-state index is 0.208. The smallest absolute Gasteiger partial charge is 0.194 e. The van der Waals surface area contributed by atoms with Gasteiger partial charge in [0.05, 0.1) is 5.29 Å². The lowest BCUT2D eigenvalue weighted by molar-refractivity contribution is 0.216. The second-order valence-electron chi connectivity index (χ2n) is 5.41. The van der Waals surface area contributed by atoms with Crippen molar-refractivity contribution in [2.24, 2.45) is 16.0 Å². The molecule has 27 heavy (non-hydrogen) atoms. The van der Waals surface area contributed by atoms with Gasteiger partial charge >= 0.3 is 0 Å². The number of amidine groups is 1. The zero-order valence-electron chi connectivity index (χ0n) is 14.2. The maximum absolute atomic E-state index is 11.2. The summed E-state index contributed by atoms with van der Waals surface area (Å²) in [5.74, 6) is 1.41. The van der Waals surface area contributed by atoms with Gasteiger partial charge in [0.1, 0.15) is 6.61 Å². The lowest BCUT2D eigenvalue weighted by atomic mass is 10.2. The Morgan fingerprint density at radius 2 is 2.07 bits per heavy atom. The van der Waals surface area contributed by atoms with E-state index in [1.165, 1.54) is 6.20 Å². The van der Waals surface area contributed by atoms with E-state index in [4.69, 9.17) is 26.9 Å². The van der Waals surface area contributed by atoms with Gasteiger partial charge in [0.15, 0.2) is 23.2 Å². The summed E-state index contributed by atoms with van der Waals surface area (Å²) in [5, 5.41) is 4.18. The molecule has 0 unspecified atom stereocenters. The van der Waals surface area contributed by atoms with Crippen molar-refractivity contribution in [3.8, 4) is 5.75 Å². The highest BCUT2D eigenvalue weighted by Gasteiger charge is 2.13. The van der Waals surface area contributed by atoms with E-state index in [0.29, 0.717) is 28.8 Å². The van der Waals surface area contributed by atoms with E-state index < -0.39 is 0 Å². The number of aliphatic imine (C=N–C) groups is 1. The normalized spacial score (nSPS) is 13.2. The quantitative estimate of drug-likeness (QED) is 0.573. The molecule has 0 atom stereocenters. The summed E-state index contributed by atoms with van der Waals surface area (Å²) in [6, 6.07) is 9.87. The molecule has 8 nitrogen and oxygen atoms in total. The molecule has 0 aliphatic carbocycles. The lowest BCUT2D eigenvalue weighted by Gasteiger charge is -2.15. The van der Waals surface area contributed by atoms with Crippen molar-refractivity contribution in [3.05, 3.63) is 82.2 Å². The number of pyridine rings is 1. The summed E-state index contributed by atoms with van der Waals surface area (Å²) in [5.41, 5.74) is 6.59. The average molecular weight is 386 g/mol. The van der Waals surface area contributed by atoms with Crippen LogP contribution in [0.4, 0.5) is 5.82 Å². The number of rotatable bonds is 7. The van der Waals surface area contributed by atoms with E-state index >= 15 is 0 Å². The molecule has 0 radical (unpaired) electrons. The minimum Gasteiger partial charge on any atom is -0.485 e. The molecule has 0 amide bonds. The molecule has 0 bridgehead atoms. The molecule has 0 saturated heterocycles. The van der Waals surface area contributed by atoms with Crippen LogP contribution in [0.5, 0.6) is 5.75 Å². The number of anilines is 1. The largest absolute Gasteiger partial charge is 0.485 e. The highest BCUT2D eigenvalue weighted by molar-refractivity contribution is 6.30. The van der Waals surface area contributed by atoms with Gasteiger partial charge in [0, 0.05) is 17.4 Å². The van der Waals surface area contributed by atoms with Gasteiger partial charge in [0.25, 0.3) is 0 Å². The van der Waals surface area contributed by atoms with Crippen LogP contribution in [0.1, 0.15) is 12.0 Å². The third-order valence-electron chi connectivity index (χ3n) is 3.49. The van der Waals surface area contributed by atoms with Gasteiger partial charge in [0.2, 0.25) is 0 Å². The minimum atomic E-state index is 0.208. The topological polar surface area (TPSA) is 102 Å². The second kappa shape index (κ2) is 8.81. The van der Waals surface area contributed by atoms with Gasteiger partial charge < -0.3 is 15.3 Å². The van der Waals surface area contributed by atoms with Crippen molar-refractivity contribution >= 4 is 23.3 Å². The molecule has 0 fully saturated rings. The molecular weight excluding hydrogens is 370 g/mol. The molecule has 9 heteroatoms. The van der Waals surface area contributed by atoms with Crippen LogP contribution >= 0.6 is 11.6 Å². The highest BCUT2D eigenvalue weighted by Crippen LogP contribution is 2.21. The number of allylic oxidation sites excluding steroid dienone is 2. The van der Waals surface area contributed by atoms with Gasteiger partial charge in [-0.05, 0) is 59.6 Å². The Morgan fingerprint density at radius 3 is 2.85 bits per heavy atom. The zero-order chi connectivity index (χ0) is 19.1.